The zero-order chi connectivity index (χ0) is 11.5. The number of aromatic nitrogens is 1. The molecule has 1 rings (SSSR count). The van der Waals surface area contributed by atoms with E-state index >= 15 is 0 Å². The molecule has 4 heteroatoms. The number of likely N-dealkylation sites (N-methyl/N-ethyl adjacent to an activating group) is 1. The molecule has 0 atom stereocenters. The van der Waals surface area contributed by atoms with Gasteiger partial charge in [0.15, 0.2) is 5.76 Å². The molecule has 0 aliphatic heterocycles. The van der Waals surface area contributed by atoms with E-state index in [9.17, 15) is 5.11 Å². The average molecular weight is 212 g/mol. The third kappa shape index (κ3) is 4.44. The summed E-state index contributed by atoms with van der Waals surface area (Å²) in [5.74, 6) is 0.846. The molecule has 0 fully saturated rings. The number of rotatable bonds is 5. The fourth-order valence-corrected chi connectivity index (χ4v) is 1.54. The molecule has 0 saturated heterocycles. The molecule has 1 heterocycles. The molecule has 1 aromatic rings. The van der Waals surface area contributed by atoms with Crippen LogP contribution in [0.15, 0.2) is 10.6 Å². The average Bonchev–Trinajstić information content (AvgIpc) is 2.47. The summed E-state index contributed by atoms with van der Waals surface area (Å²) in [4.78, 5) is 2.12. The molecule has 0 unspecified atom stereocenters. The van der Waals surface area contributed by atoms with Crippen LogP contribution < -0.4 is 0 Å². The van der Waals surface area contributed by atoms with E-state index in [4.69, 9.17) is 4.52 Å². The molecular weight excluding hydrogens is 192 g/mol. The summed E-state index contributed by atoms with van der Waals surface area (Å²) in [6.45, 7) is 9.78. The van der Waals surface area contributed by atoms with Crippen molar-refractivity contribution in [3.8, 4) is 0 Å². The first-order chi connectivity index (χ1) is 6.90. The van der Waals surface area contributed by atoms with E-state index in [0.29, 0.717) is 13.1 Å². The normalized spacial score (nSPS) is 12.4. The number of nitrogens with zero attached hydrogens (tertiary/aromatic N) is 2. The smallest absolute Gasteiger partial charge is 0.150 e. The van der Waals surface area contributed by atoms with Gasteiger partial charge in [-0.05, 0) is 27.3 Å². The van der Waals surface area contributed by atoms with E-state index < -0.39 is 5.60 Å². The van der Waals surface area contributed by atoms with Crippen molar-refractivity contribution < 1.29 is 9.63 Å². The van der Waals surface area contributed by atoms with E-state index in [0.717, 1.165) is 18.0 Å². The number of hydrogen-bond donors (Lipinski definition) is 1. The van der Waals surface area contributed by atoms with Gasteiger partial charge in [-0.1, -0.05) is 12.1 Å². The lowest BCUT2D eigenvalue weighted by molar-refractivity contribution is 0.0328. The van der Waals surface area contributed by atoms with Gasteiger partial charge in [-0.15, -0.1) is 0 Å². The Morgan fingerprint density at radius 2 is 2.20 bits per heavy atom. The first-order valence-corrected chi connectivity index (χ1v) is 5.27. The van der Waals surface area contributed by atoms with E-state index in [-0.39, 0.29) is 0 Å². The third-order valence-corrected chi connectivity index (χ3v) is 2.11. The Hall–Kier alpha value is -0.870. The Morgan fingerprint density at radius 3 is 2.60 bits per heavy atom. The molecule has 1 N–H and O–H groups in total. The van der Waals surface area contributed by atoms with Gasteiger partial charge in [-0.3, -0.25) is 4.90 Å². The molecule has 0 aromatic carbocycles. The summed E-state index contributed by atoms with van der Waals surface area (Å²) >= 11 is 0. The Labute approximate surface area is 90.9 Å². The van der Waals surface area contributed by atoms with Crippen molar-refractivity contribution in [2.75, 3.05) is 13.1 Å². The van der Waals surface area contributed by atoms with Crippen LogP contribution in [0.1, 0.15) is 32.2 Å². The van der Waals surface area contributed by atoms with Crippen LogP contribution in [0.25, 0.3) is 0 Å². The van der Waals surface area contributed by atoms with E-state index in [1.165, 1.54) is 0 Å². The molecular formula is C11H20N2O2. The predicted molar refractivity (Wildman–Crippen MR) is 58.5 cm³/mol. The lowest BCUT2D eigenvalue weighted by Gasteiger charge is -2.26. The van der Waals surface area contributed by atoms with Crippen LogP contribution in [0.3, 0.4) is 0 Å². The molecule has 0 amide bonds. The van der Waals surface area contributed by atoms with Gasteiger partial charge in [0.05, 0.1) is 17.8 Å². The van der Waals surface area contributed by atoms with Crippen molar-refractivity contribution in [1.82, 2.24) is 10.1 Å². The van der Waals surface area contributed by atoms with Gasteiger partial charge in [0.25, 0.3) is 0 Å². The summed E-state index contributed by atoms with van der Waals surface area (Å²) in [6.07, 6.45) is 0. The van der Waals surface area contributed by atoms with Gasteiger partial charge in [0.1, 0.15) is 0 Å². The minimum absolute atomic E-state index is 0.628. The van der Waals surface area contributed by atoms with E-state index in [1.807, 2.05) is 13.0 Å². The second kappa shape index (κ2) is 4.77. The third-order valence-electron chi connectivity index (χ3n) is 2.11. The minimum atomic E-state index is -0.676. The number of aliphatic hydroxyl groups is 1. The second-order valence-corrected chi connectivity index (χ2v) is 4.55. The molecule has 4 nitrogen and oxygen atoms in total. The van der Waals surface area contributed by atoms with Gasteiger partial charge in [0.2, 0.25) is 0 Å². The molecule has 0 radical (unpaired) electrons. The Kier molecular flexibility index (Phi) is 3.88. The Balaban J connectivity index is 2.54. The molecule has 0 aliphatic rings. The van der Waals surface area contributed by atoms with Crippen LogP contribution in [-0.2, 0) is 6.54 Å². The van der Waals surface area contributed by atoms with Gasteiger partial charge >= 0.3 is 0 Å². The maximum absolute atomic E-state index is 9.71. The number of aryl methyl sites for hydroxylation is 1. The van der Waals surface area contributed by atoms with Crippen LogP contribution in [-0.4, -0.2) is 33.9 Å². The van der Waals surface area contributed by atoms with Crippen LogP contribution in [0.5, 0.6) is 0 Å². The van der Waals surface area contributed by atoms with Gasteiger partial charge in [-0.25, -0.2) is 0 Å². The van der Waals surface area contributed by atoms with Crippen LogP contribution in [0.4, 0.5) is 0 Å². The SMILES string of the molecule is CCN(Cc1cc(C)no1)CC(C)(C)O. The second-order valence-electron chi connectivity index (χ2n) is 4.55. The topological polar surface area (TPSA) is 49.5 Å². The summed E-state index contributed by atoms with van der Waals surface area (Å²) in [6, 6.07) is 1.92. The van der Waals surface area contributed by atoms with E-state index in [1.54, 1.807) is 13.8 Å². The van der Waals surface area contributed by atoms with Gasteiger partial charge in [0, 0.05) is 12.6 Å². The lowest BCUT2D eigenvalue weighted by atomic mass is 10.1. The quantitative estimate of drug-likeness (QED) is 0.805. The van der Waals surface area contributed by atoms with Crippen LogP contribution >= 0.6 is 0 Å². The summed E-state index contributed by atoms with van der Waals surface area (Å²) < 4.78 is 5.14. The largest absolute Gasteiger partial charge is 0.389 e. The summed E-state index contributed by atoms with van der Waals surface area (Å²) in [5, 5.41) is 13.6. The zero-order valence-corrected chi connectivity index (χ0v) is 9.95. The van der Waals surface area contributed by atoms with Crippen molar-refractivity contribution in [3.05, 3.63) is 17.5 Å². The fourth-order valence-electron chi connectivity index (χ4n) is 1.54. The van der Waals surface area contributed by atoms with Gasteiger partial charge in [-0.2, -0.15) is 0 Å². The first-order valence-electron chi connectivity index (χ1n) is 5.27. The molecule has 0 spiro atoms. The van der Waals surface area contributed by atoms with Crippen LogP contribution in [0, 0.1) is 6.92 Å². The Bertz CT molecular complexity index is 302. The van der Waals surface area contributed by atoms with Crippen molar-refractivity contribution in [1.29, 1.82) is 0 Å². The fraction of sp³-hybridized carbons (Fsp3) is 0.727. The number of hydrogen-bond acceptors (Lipinski definition) is 4. The molecule has 0 aliphatic carbocycles. The van der Waals surface area contributed by atoms with Crippen molar-refractivity contribution >= 4 is 0 Å². The van der Waals surface area contributed by atoms with Crippen LogP contribution in [0.2, 0.25) is 0 Å². The molecule has 15 heavy (non-hydrogen) atoms. The highest BCUT2D eigenvalue weighted by atomic mass is 16.5. The van der Waals surface area contributed by atoms with Crippen molar-refractivity contribution in [2.45, 2.75) is 39.8 Å². The highest BCUT2D eigenvalue weighted by Gasteiger charge is 2.18. The summed E-state index contributed by atoms with van der Waals surface area (Å²) in [5.41, 5.74) is 0.217. The highest BCUT2D eigenvalue weighted by Crippen LogP contribution is 2.10. The van der Waals surface area contributed by atoms with Gasteiger partial charge < -0.3 is 9.63 Å². The summed E-state index contributed by atoms with van der Waals surface area (Å²) in [7, 11) is 0. The lowest BCUT2D eigenvalue weighted by Crippen LogP contribution is -2.38. The predicted octanol–water partition coefficient (Wildman–Crippen LogP) is 1.58. The molecule has 0 bridgehead atoms. The highest BCUT2D eigenvalue weighted by molar-refractivity contribution is 5.02. The molecule has 1 aromatic heterocycles. The van der Waals surface area contributed by atoms with E-state index in [2.05, 4.69) is 17.0 Å². The van der Waals surface area contributed by atoms with Crippen molar-refractivity contribution in [2.24, 2.45) is 0 Å². The van der Waals surface area contributed by atoms with Crippen molar-refractivity contribution in [3.63, 3.8) is 0 Å². The Morgan fingerprint density at radius 1 is 1.53 bits per heavy atom. The first kappa shape index (κ1) is 12.2. The standard InChI is InChI=1S/C11H20N2O2/c1-5-13(8-11(3,4)14)7-10-6-9(2)12-15-10/h6,14H,5,7-8H2,1-4H3. The maximum Gasteiger partial charge on any atom is 0.150 e. The minimum Gasteiger partial charge on any atom is -0.389 e. The molecule has 0 saturated carbocycles. The monoisotopic (exact) mass is 212 g/mol. The molecule has 86 valence electrons. The maximum atomic E-state index is 9.71. The zero-order valence-electron chi connectivity index (χ0n) is 9.95.